The Hall–Kier alpha value is -1.85. The lowest BCUT2D eigenvalue weighted by molar-refractivity contribution is 0.702. The smallest absolute Gasteiger partial charge is 0.0776 e. The fourth-order valence-corrected chi connectivity index (χ4v) is 3.10. The Bertz CT molecular complexity index is 702. The van der Waals surface area contributed by atoms with E-state index >= 15 is 0 Å². The van der Waals surface area contributed by atoms with Crippen molar-refractivity contribution in [2.45, 2.75) is 13.0 Å². The number of hydrogen-bond acceptors (Lipinski definition) is 5. The van der Waals surface area contributed by atoms with E-state index in [0.717, 1.165) is 16.0 Å². The summed E-state index contributed by atoms with van der Waals surface area (Å²) in [5.74, 6) is 0. The number of nitrogens with one attached hydrogen (secondary N) is 1. The number of hydrogen-bond donors (Lipinski definition) is 1. The van der Waals surface area contributed by atoms with Gasteiger partial charge in [-0.2, -0.15) is 0 Å². The quantitative estimate of drug-likeness (QED) is 0.795. The number of pyridine rings is 1. The lowest BCUT2D eigenvalue weighted by Crippen LogP contribution is -2.17. The predicted octanol–water partition coefficient (Wildman–Crippen LogP) is 2.70. The number of nitrogens with zero attached hydrogens (tertiary/aromatic N) is 3. The van der Waals surface area contributed by atoms with Gasteiger partial charge in [-0.3, -0.25) is 4.98 Å². The van der Waals surface area contributed by atoms with E-state index in [1.54, 1.807) is 0 Å². The fraction of sp³-hybridized carbons (Fsp3) is 0.214. The third-order valence-electron chi connectivity index (χ3n) is 3.26. The van der Waals surface area contributed by atoms with Gasteiger partial charge in [0, 0.05) is 17.8 Å². The summed E-state index contributed by atoms with van der Waals surface area (Å²) in [6.07, 6.45) is 3.72. The van der Waals surface area contributed by atoms with Gasteiger partial charge in [0.05, 0.1) is 16.6 Å². The summed E-state index contributed by atoms with van der Waals surface area (Å²) in [6.45, 7) is 2.00. The van der Waals surface area contributed by atoms with E-state index in [0.29, 0.717) is 0 Å². The monoisotopic (exact) mass is 270 g/mol. The van der Waals surface area contributed by atoms with E-state index in [1.807, 2.05) is 26.4 Å². The molecule has 19 heavy (non-hydrogen) atoms. The van der Waals surface area contributed by atoms with E-state index in [1.165, 1.54) is 22.5 Å². The molecule has 0 amide bonds. The summed E-state index contributed by atoms with van der Waals surface area (Å²) in [7, 11) is 1.96. The topological polar surface area (TPSA) is 50.7 Å². The second-order valence-electron chi connectivity index (χ2n) is 4.39. The zero-order valence-electron chi connectivity index (χ0n) is 10.8. The zero-order chi connectivity index (χ0) is 13.2. The van der Waals surface area contributed by atoms with Gasteiger partial charge in [0.15, 0.2) is 0 Å². The van der Waals surface area contributed by atoms with Crippen LogP contribution in [-0.4, -0.2) is 21.6 Å². The molecular weight excluding hydrogens is 256 g/mol. The van der Waals surface area contributed by atoms with Crippen LogP contribution in [0.3, 0.4) is 0 Å². The number of benzene rings is 1. The van der Waals surface area contributed by atoms with Crippen molar-refractivity contribution in [3.8, 4) is 0 Å². The SMILES string of the molecule is CNC(c1snnc1C)c1cccc2cnccc12. The molecule has 0 spiro atoms. The molecule has 3 rings (SSSR count). The molecule has 0 aliphatic carbocycles. The molecule has 2 heterocycles. The number of aryl methyl sites for hydroxylation is 1. The molecule has 0 radical (unpaired) electrons. The first-order chi connectivity index (χ1) is 9.31. The highest BCUT2D eigenvalue weighted by atomic mass is 32.1. The molecule has 0 bridgehead atoms. The Morgan fingerprint density at radius 2 is 2.16 bits per heavy atom. The van der Waals surface area contributed by atoms with Crippen LogP contribution >= 0.6 is 11.5 Å². The number of fused-ring (bicyclic) bond motifs is 1. The number of aromatic nitrogens is 3. The molecule has 3 aromatic rings. The van der Waals surface area contributed by atoms with Crippen LogP contribution in [0.2, 0.25) is 0 Å². The molecule has 0 saturated carbocycles. The van der Waals surface area contributed by atoms with Crippen LogP contribution in [0, 0.1) is 6.92 Å². The molecule has 96 valence electrons. The number of rotatable bonds is 3. The van der Waals surface area contributed by atoms with Crippen LogP contribution in [0.25, 0.3) is 10.8 Å². The molecule has 0 aliphatic heterocycles. The molecule has 4 nitrogen and oxygen atoms in total. The molecule has 1 atom stereocenters. The maximum atomic E-state index is 4.18. The van der Waals surface area contributed by atoms with Crippen molar-refractivity contribution in [3.63, 3.8) is 0 Å². The van der Waals surface area contributed by atoms with Gasteiger partial charge in [0.25, 0.3) is 0 Å². The lowest BCUT2D eigenvalue weighted by Gasteiger charge is -2.17. The summed E-state index contributed by atoms with van der Waals surface area (Å²) >= 11 is 1.45. The largest absolute Gasteiger partial charge is 0.309 e. The first-order valence-electron chi connectivity index (χ1n) is 6.10. The minimum Gasteiger partial charge on any atom is -0.309 e. The molecule has 1 unspecified atom stereocenters. The predicted molar refractivity (Wildman–Crippen MR) is 77.3 cm³/mol. The summed E-state index contributed by atoms with van der Waals surface area (Å²) < 4.78 is 4.04. The molecular formula is C14H14N4S. The van der Waals surface area contributed by atoms with Crippen LogP contribution in [-0.2, 0) is 0 Å². The highest BCUT2D eigenvalue weighted by Gasteiger charge is 2.19. The Balaban J connectivity index is 2.20. The van der Waals surface area contributed by atoms with Gasteiger partial charge in [-0.15, -0.1) is 5.10 Å². The summed E-state index contributed by atoms with van der Waals surface area (Å²) in [4.78, 5) is 5.34. The van der Waals surface area contributed by atoms with Gasteiger partial charge in [-0.05, 0) is 42.5 Å². The Labute approximate surface area is 115 Å². The Kier molecular flexibility index (Phi) is 3.23. The molecule has 0 aliphatic rings. The maximum Gasteiger partial charge on any atom is 0.0776 e. The van der Waals surface area contributed by atoms with Gasteiger partial charge < -0.3 is 5.32 Å². The zero-order valence-corrected chi connectivity index (χ0v) is 11.6. The van der Waals surface area contributed by atoms with Gasteiger partial charge in [0.1, 0.15) is 0 Å². The second-order valence-corrected chi connectivity index (χ2v) is 5.17. The molecule has 0 fully saturated rings. The van der Waals surface area contributed by atoms with Crippen LogP contribution in [0.15, 0.2) is 36.7 Å². The van der Waals surface area contributed by atoms with Gasteiger partial charge in [-0.25, -0.2) is 0 Å². The van der Waals surface area contributed by atoms with Gasteiger partial charge in [0.2, 0.25) is 0 Å². The highest BCUT2D eigenvalue weighted by Crippen LogP contribution is 2.31. The van der Waals surface area contributed by atoms with E-state index in [4.69, 9.17) is 0 Å². The van der Waals surface area contributed by atoms with Crippen molar-refractivity contribution in [1.82, 2.24) is 19.9 Å². The van der Waals surface area contributed by atoms with Gasteiger partial charge >= 0.3 is 0 Å². The van der Waals surface area contributed by atoms with E-state index < -0.39 is 0 Å². The van der Waals surface area contributed by atoms with Crippen LogP contribution in [0.5, 0.6) is 0 Å². The van der Waals surface area contributed by atoms with Crippen LogP contribution in [0.4, 0.5) is 0 Å². The minimum absolute atomic E-state index is 0.117. The molecule has 1 N–H and O–H groups in total. The average molecular weight is 270 g/mol. The molecule has 1 aromatic carbocycles. The Morgan fingerprint density at radius 1 is 1.26 bits per heavy atom. The van der Waals surface area contributed by atoms with Crippen LogP contribution in [0.1, 0.15) is 22.2 Å². The maximum absolute atomic E-state index is 4.18. The van der Waals surface area contributed by atoms with E-state index in [-0.39, 0.29) is 6.04 Å². The van der Waals surface area contributed by atoms with Crippen LogP contribution < -0.4 is 5.32 Å². The van der Waals surface area contributed by atoms with E-state index in [2.05, 4.69) is 44.2 Å². The van der Waals surface area contributed by atoms with Crippen molar-refractivity contribution >= 4 is 22.3 Å². The molecule has 0 saturated heterocycles. The van der Waals surface area contributed by atoms with Crippen molar-refractivity contribution in [2.75, 3.05) is 7.05 Å². The molecule has 5 heteroatoms. The standard InChI is InChI=1S/C14H14N4S/c1-9-14(19-18-17-9)13(15-2)12-5-3-4-10-8-16-7-6-11(10)12/h3-8,13,15H,1-2H3. The second kappa shape index (κ2) is 5.03. The minimum atomic E-state index is 0.117. The third kappa shape index (κ3) is 2.11. The highest BCUT2D eigenvalue weighted by molar-refractivity contribution is 7.05. The first kappa shape index (κ1) is 12.2. The molecule has 2 aromatic heterocycles. The van der Waals surface area contributed by atoms with Crippen molar-refractivity contribution < 1.29 is 0 Å². The summed E-state index contributed by atoms with van der Waals surface area (Å²) in [5.41, 5.74) is 2.21. The van der Waals surface area contributed by atoms with Gasteiger partial charge in [-0.1, -0.05) is 22.7 Å². The fourth-order valence-electron chi connectivity index (χ4n) is 2.33. The van der Waals surface area contributed by atoms with E-state index in [9.17, 15) is 0 Å². The van der Waals surface area contributed by atoms with Crippen molar-refractivity contribution in [1.29, 1.82) is 0 Å². The first-order valence-corrected chi connectivity index (χ1v) is 6.87. The lowest BCUT2D eigenvalue weighted by atomic mass is 9.98. The van der Waals surface area contributed by atoms with Crippen molar-refractivity contribution in [2.24, 2.45) is 0 Å². The summed E-state index contributed by atoms with van der Waals surface area (Å²) in [6, 6.07) is 8.46. The third-order valence-corrected chi connectivity index (χ3v) is 4.15. The van der Waals surface area contributed by atoms with Crippen molar-refractivity contribution in [3.05, 3.63) is 52.8 Å². The normalized spacial score (nSPS) is 12.7. The Morgan fingerprint density at radius 3 is 2.89 bits per heavy atom. The average Bonchev–Trinajstić information content (AvgIpc) is 2.86. The summed E-state index contributed by atoms with van der Waals surface area (Å²) in [5, 5.41) is 9.83.